The van der Waals surface area contributed by atoms with Crippen LogP contribution in [-0.2, 0) is 22.9 Å². The van der Waals surface area contributed by atoms with Crippen LogP contribution in [0.15, 0.2) is 41.6 Å². The Labute approximate surface area is 123 Å². The van der Waals surface area contributed by atoms with E-state index in [9.17, 15) is 8.42 Å². The van der Waals surface area contributed by atoms with Gasteiger partial charge in [-0.15, -0.1) is 0 Å². The molecule has 6 nitrogen and oxygen atoms in total. The fraction of sp³-hybridized carbons (Fsp3) is 0.214. The van der Waals surface area contributed by atoms with Crippen LogP contribution in [0.1, 0.15) is 17.5 Å². The van der Waals surface area contributed by atoms with Crippen LogP contribution < -0.4 is 16.0 Å². The Morgan fingerprint density at radius 1 is 1.14 bits per heavy atom. The fourth-order valence-electron chi connectivity index (χ4n) is 2.56. The average Bonchev–Trinajstić information content (AvgIpc) is 2.94. The standard InChI is InChI=1S/C14H16N4O2S/c15-17-13-6-7-16-9-14(13)21(19,20)18-12-5-4-10-2-1-3-11(10)8-12/h4-9,18H,1-3,15H2,(H,16,17). The van der Waals surface area contributed by atoms with E-state index in [4.69, 9.17) is 5.84 Å². The number of hydrogen-bond donors (Lipinski definition) is 3. The van der Waals surface area contributed by atoms with E-state index in [1.807, 2.05) is 12.1 Å². The molecule has 21 heavy (non-hydrogen) atoms. The average molecular weight is 304 g/mol. The molecule has 0 aliphatic heterocycles. The third-order valence-corrected chi connectivity index (χ3v) is 4.99. The maximum Gasteiger partial charge on any atom is 0.265 e. The quantitative estimate of drug-likeness (QED) is 0.589. The molecule has 4 N–H and O–H groups in total. The number of pyridine rings is 1. The van der Waals surface area contributed by atoms with E-state index in [-0.39, 0.29) is 4.90 Å². The van der Waals surface area contributed by atoms with Crippen LogP contribution in [0.5, 0.6) is 0 Å². The molecule has 1 heterocycles. The van der Waals surface area contributed by atoms with E-state index in [1.165, 1.54) is 29.6 Å². The van der Waals surface area contributed by atoms with Gasteiger partial charge in [-0.3, -0.25) is 15.5 Å². The Morgan fingerprint density at radius 2 is 1.95 bits per heavy atom. The Kier molecular flexibility index (Phi) is 3.52. The van der Waals surface area contributed by atoms with E-state index < -0.39 is 10.0 Å². The third kappa shape index (κ3) is 2.70. The first-order valence-corrected chi connectivity index (χ1v) is 8.14. The van der Waals surface area contributed by atoms with Crippen LogP contribution in [0.2, 0.25) is 0 Å². The molecule has 0 saturated heterocycles. The van der Waals surface area contributed by atoms with Crippen LogP contribution in [-0.4, -0.2) is 13.4 Å². The minimum Gasteiger partial charge on any atom is -0.323 e. The molecule has 1 aromatic heterocycles. The number of nitrogen functional groups attached to an aromatic ring is 1. The number of nitrogens with zero attached hydrogens (tertiary/aromatic N) is 1. The van der Waals surface area contributed by atoms with Gasteiger partial charge in [0.05, 0.1) is 5.69 Å². The number of nitrogens with one attached hydrogen (secondary N) is 2. The first kappa shape index (κ1) is 13.8. The van der Waals surface area contributed by atoms with E-state index in [0.29, 0.717) is 11.4 Å². The molecular weight excluding hydrogens is 288 g/mol. The molecule has 0 radical (unpaired) electrons. The van der Waals surface area contributed by atoms with Gasteiger partial charge < -0.3 is 5.43 Å². The summed E-state index contributed by atoms with van der Waals surface area (Å²) in [6, 6.07) is 7.17. The second kappa shape index (κ2) is 5.34. The maximum absolute atomic E-state index is 12.4. The number of hydrogen-bond acceptors (Lipinski definition) is 5. The van der Waals surface area contributed by atoms with E-state index in [2.05, 4.69) is 15.1 Å². The predicted molar refractivity (Wildman–Crippen MR) is 81.3 cm³/mol. The highest BCUT2D eigenvalue weighted by Crippen LogP contribution is 2.27. The zero-order valence-electron chi connectivity index (χ0n) is 11.3. The number of benzene rings is 1. The third-order valence-electron chi connectivity index (χ3n) is 3.58. The highest BCUT2D eigenvalue weighted by molar-refractivity contribution is 7.92. The van der Waals surface area contributed by atoms with Gasteiger partial charge >= 0.3 is 0 Å². The number of sulfonamides is 1. The molecule has 1 aliphatic rings. The van der Waals surface area contributed by atoms with Crippen molar-refractivity contribution in [1.29, 1.82) is 0 Å². The molecule has 2 aromatic rings. The van der Waals surface area contributed by atoms with Crippen molar-refractivity contribution < 1.29 is 8.42 Å². The topological polar surface area (TPSA) is 97.1 Å². The summed E-state index contributed by atoms with van der Waals surface area (Å²) in [6.45, 7) is 0. The minimum atomic E-state index is -3.73. The molecule has 0 atom stereocenters. The van der Waals surface area contributed by atoms with E-state index >= 15 is 0 Å². The summed E-state index contributed by atoms with van der Waals surface area (Å²) >= 11 is 0. The summed E-state index contributed by atoms with van der Waals surface area (Å²) < 4.78 is 27.4. The van der Waals surface area contributed by atoms with E-state index in [0.717, 1.165) is 19.3 Å². The molecule has 0 unspecified atom stereocenters. The van der Waals surface area contributed by atoms with Gasteiger partial charge in [-0.05, 0) is 48.6 Å². The van der Waals surface area contributed by atoms with Crippen molar-refractivity contribution >= 4 is 21.4 Å². The molecule has 0 saturated carbocycles. The van der Waals surface area contributed by atoms with E-state index in [1.54, 1.807) is 6.07 Å². The normalized spacial score (nSPS) is 13.8. The molecule has 0 amide bonds. The lowest BCUT2D eigenvalue weighted by Gasteiger charge is -2.12. The molecule has 1 aromatic carbocycles. The number of rotatable bonds is 4. The Bertz CT molecular complexity index is 774. The number of hydrazine groups is 1. The Hall–Kier alpha value is -2.12. The summed E-state index contributed by atoms with van der Waals surface area (Å²) in [5.74, 6) is 5.34. The highest BCUT2D eigenvalue weighted by Gasteiger charge is 2.20. The summed E-state index contributed by atoms with van der Waals surface area (Å²) in [4.78, 5) is 3.87. The molecule has 0 fully saturated rings. The van der Waals surface area contributed by atoms with Crippen LogP contribution in [0.3, 0.4) is 0 Å². The van der Waals surface area contributed by atoms with Crippen molar-refractivity contribution in [2.75, 3.05) is 10.1 Å². The Balaban J connectivity index is 1.93. The van der Waals surface area contributed by atoms with Crippen molar-refractivity contribution in [3.8, 4) is 0 Å². The van der Waals surface area contributed by atoms with Gasteiger partial charge in [0.25, 0.3) is 10.0 Å². The summed E-state index contributed by atoms with van der Waals surface area (Å²) in [7, 11) is -3.73. The summed E-state index contributed by atoms with van der Waals surface area (Å²) in [5, 5.41) is 0. The predicted octanol–water partition coefficient (Wildman–Crippen LogP) is 1.66. The highest BCUT2D eigenvalue weighted by atomic mass is 32.2. The number of aromatic nitrogens is 1. The van der Waals surface area contributed by atoms with Gasteiger partial charge in [-0.25, -0.2) is 8.42 Å². The van der Waals surface area contributed by atoms with Crippen molar-refractivity contribution in [2.45, 2.75) is 24.2 Å². The van der Waals surface area contributed by atoms with Gasteiger partial charge in [0.15, 0.2) is 0 Å². The number of fused-ring (bicyclic) bond motifs is 1. The van der Waals surface area contributed by atoms with Crippen LogP contribution in [0, 0.1) is 0 Å². The second-order valence-corrected chi connectivity index (χ2v) is 6.61. The van der Waals surface area contributed by atoms with Gasteiger partial charge in [-0.1, -0.05) is 6.07 Å². The molecule has 110 valence electrons. The van der Waals surface area contributed by atoms with Crippen molar-refractivity contribution in [3.63, 3.8) is 0 Å². The smallest absolute Gasteiger partial charge is 0.265 e. The van der Waals surface area contributed by atoms with Crippen LogP contribution in [0.25, 0.3) is 0 Å². The number of aryl methyl sites for hydroxylation is 2. The molecule has 0 spiro atoms. The zero-order valence-corrected chi connectivity index (χ0v) is 12.2. The van der Waals surface area contributed by atoms with Crippen molar-refractivity contribution in [3.05, 3.63) is 47.8 Å². The van der Waals surface area contributed by atoms with Crippen molar-refractivity contribution in [2.24, 2.45) is 5.84 Å². The molecule has 1 aliphatic carbocycles. The number of nitrogens with two attached hydrogens (primary N) is 1. The SMILES string of the molecule is NNc1ccncc1S(=O)(=O)Nc1ccc2c(c1)CCC2. The van der Waals surface area contributed by atoms with Gasteiger partial charge in [0.1, 0.15) is 4.90 Å². The lowest BCUT2D eigenvalue weighted by molar-refractivity contribution is 0.601. The van der Waals surface area contributed by atoms with Gasteiger partial charge in [0.2, 0.25) is 0 Å². The monoisotopic (exact) mass is 304 g/mol. The fourth-order valence-corrected chi connectivity index (χ4v) is 3.72. The zero-order chi connectivity index (χ0) is 14.9. The second-order valence-electron chi connectivity index (χ2n) is 4.96. The van der Waals surface area contributed by atoms with Crippen LogP contribution in [0.4, 0.5) is 11.4 Å². The summed E-state index contributed by atoms with van der Waals surface area (Å²) in [6.07, 6.45) is 5.92. The molecule has 0 bridgehead atoms. The number of anilines is 2. The minimum absolute atomic E-state index is 0.0213. The lowest BCUT2D eigenvalue weighted by atomic mass is 10.1. The van der Waals surface area contributed by atoms with Gasteiger partial charge in [0, 0.05) is 18.1 Å². The van der Waals surface area contributed by atoms with Crippen LogP contribution >= 0.6 is 0 Å². The molecule has 3 rings (SSSR count). The molecular formula is C14H16N4O2S. The first-order chi connectivity index (χ1) is 10.1. The molecule has 7 heteroatoms. The van der Waals surface area contributed by atoms with Crippen molar-refractivity contribution in [1.82, 2.24) is 4.98 Å². The Morgan fingerprint density at radius 3 is 2.76 bits per heavy atom. The van der Waals surface area contributed by atoms with Gasteiger partial charge in [-0.2, -0.15) is 0 Å². The summed E-state index contributed by atoms with van der Waals surface area (Å²) in [5.41, 5.74) is 5.73. The maximum atomic E-state index is 12.4. The lowest BCUT2D eigenvalue weighted by Crippen LogP contribution is -2.18. The first-order valence-electron chi connectivity index (χ1n) is 6.65. The largest absolute Gasteiger partial charge is 0.323 e.